The average molecular weight is 563 g/mol. The maximum absolute atomic E-state index is 14.7. The summed E-state index contributed by atoms with van der Waals surface area (Å²) in [6.45, 7) is 8.39. The van der Waals surface area contributed by atoms with Gasteiger partial charge in [0, 0.05) is 18.3 Å². The van der Waals surface area contributed by atoms with Crippen molar-refractivity contribution in [2.24, 2.45) is 17.8 Å². The van der Waals surface area contributed by atoms with E-state index in [0.29, 0.717) is 19.5 Å². The lowest BCUT2D eigenvalue weighted by Crippen LogP contribution is -2.59. The summed E-state index contributed by atoms with van der Waals surface area (Å²) in [6, 6.07) is 18.0. The minimum atomic E-state index is -0.820. The molecule has 3 aliphatic heterocycles. The van der Waals surface area contributed by atoms with Gasteiger partial charge in [-0.2, -0.15) is 0 Å². The zero-order chi connectivity index (χ0) is 28.4. The van der Waals surface area contributed by atoms with E-state index < -0.39 is 28.7 Å². The molecule has 2 bridgehead atoms. The number of ether oxygens (including phenoxy) is 1. The smallest absolute Gasteiger partial charge is 0.310 e. The Morgan fingerprint density at radius 3 is 2.42 bits per heavy atom. The Balaban J connectivity index is 1.59. The summed E-state index contributed by atoms with van der Waals surface area (Å²) in [4.78, 5) is 45.8. The predicted octanol–water partition coefficient (Wildman–Crippen LogP) is 3.71. The van der Waals surface area contributed by atoms with Crippen LogP contribution in [0.1, 0.15) is 31.4 Å². The van der Waals surface area contributed by atoms with Crippen molar-refractivity contribution in [2.75, 3.05) is 19.8 Å². The lowest BCUT2D eigenvalue weighted by molar-refractivity contribution is -0.154. The zero-order valence-corrected chi connectivity index (χ0v) is 24.0. The molecule has 3 heterocycles. The van der Waals surface area contributed by atoms with Crippen molar-refractivity contribution >= 4 is 29.5 Å². The first kappa shape index (κ1) is 28.4. The molecule has 7 nitrogen and oxygen atoms in total. The van der Waals surface area contributed by atoms with Crippen LogP contribution < -0.4 is 0 Å². The zero-order valence-electron chi connectivity index (χ0n) is 23.1. The number of benzene rings is 2. The molecule has 3 unspecified atom stereocenters. The summed E-state index contributed by atoms with van der Waals surface area (Å²) in [5, 5.41) is 10.6. The molecule has 3 saturated heterocycles. The molecule has 40 heavy (non-hydrogen) atoms. The molecule has 7 atom stereocenters. The van der Waals surface area contributed by atoms with Gasteiger partial charge < -0.3 is 19.6 Å². The SMILES string of the molecule is C=CCN(Cc1ccccc1)C(=O)C1N([C@@H](CO)Cc2ccccc2)C(=O)[C@@H]2[C@@H](C(=O)OCC)[C@H]3CC(C)C12S3. The molecule has 3 aliphatic rings. The lowest BCUT2D eigenvalue weighted by atomic mass is 9.66. The molecule has 0 aliphatic carbocycles. The summed E-state index contributed by atoms with van der Waals surface area (Å²) in [6.07, 6.45) is 2.84. The molecule has 2 aromatic rings. The molecule has 1 N–H and O–H groups in total. The number of nitrogens with zero attached hydrogens (tertiary/aromatic N) is 2. The highest BCUT2D eigenvalue weighted by Crippen LogP contribution is 2.69. The molecule has 2 amide bonds. The van der Waals surface area contributed by atoms with Gasteiger partial charge in [-0.15, -0.1) is 18.3 Å². The first-order chi connectivity index (χ1) is 19.4. The molecule has 0 radical (unpaired) electrons. The number of esters is 1. The first-order valence-electron chi connectivity index (χ1n) is 14.1. The number of aliphatic hydroxyl groups excluding tert-OH is 1. The Kier molecular flexibility index (Phi) is 8.38. The van der Waals surface area contributed by atoms with E-state index >= 15 is 0 Å². The highest BCUT2D eigenvalue weighted by atomic mass is 32.2. The van der Waals surface area contributed by atoms with E-state index in [9.17, 15) is 19.5 Å². The standard InChI is InChI=1S/C32H38N2O5S/c1-4-16-33(19-23-14-10-7-11-15-23)30(37)28-32-21(3)17-25(40-32)26(31(38)39-5-2)27(32)29(36)34(28)24(20-35)18-22-12-8-6-9-13-22/h4,6-15,21,24-28,35H,1,5,16-20H2,2-3H3/t21?,24-,25-,26+,27+,28?,32?/m1/s1. The number of hydrogen-bond donors (Lipinski definition) is 1. The lowest BCUT2D eigenvalue weighted by Gasteiger charge is -2.42. The number of thioether (sulfide) groups is 1. The molecular formula is C32H38N2O5S. The van der Waals surface area contributed by atoms with Crippen LogP contribution in [0.5, 0.6) is 0 Å². The highest BCUT2D eigenvalue weighted by molar-refractivity contribution is 8.02. The second-order valence-corrected chi connectivity index (χ2v) is 12.6. The minimum Gasteiger partial charge on any atom is -0.466 e. The number of rotatable bonds is 11. The van der Waals surface area contributed by atoms with Crippen LogP contribution in [0.4, 0.5) is 0 Å². The fourth-order valence-corrected chi connectivity index (χ4v) is 9.53. The number of carbonyl (C=O) groups is 3. The number of carbonyl (C=O) groups excluding carboxylic acids is 3. The fraction of sp³-hybridized carbons (Fsp3) is 0.469. The quantitative estimate of drug-likeness (QED) is 0.332. The van der Waals surface area contributed by atoms with E-state index in [-0.39, 0.29) is 42.2 Å². The second kappa shape index (κ2) is 11.8. The van der Waals surface area contributed by atoms with Crippen molar-refractivity contribution in [2.45, 2.75) is 55.3 Å². The molecule has 3 fully saturated rings. The monoisotopic (exact) mass is 562 g/mol. The van der Waals surface area contributed by atoms with Gasteiger partial charge >= 0.3 is 5.97 Å². The van der Waals surface area contributed by atoms with Crippen LogP contribution >= 0.6 is 11.8 Å². The number of hydrogen-bond acceptors (Lipinski definition) is 6. The first-order valence-corrected chi connectivity index (χ1v) is 15.0. The van der Waals surface area contributed by atoms with Crippen LogP contribution in [0, 0.1) is 17.8 Å². The topological polar surface area (TPSA) is 87.2 Å². The predicted molar refractivity (Wildman–Crippen MR) is 155 cm³/mol. The highest BCUT2D eigenvalue weighted by Gasteiger charge is 2.77. The summed E-state index contributed by atoms with van der Waals surface area (Å²) in [5.41, 5.74) is 1.95. The van der Waals surface area contributed by atoms with Gasteiger partial charge in [-0.05, 0) is 36.8 Å². The van der Waals surface area contributed by atoms with Gasteiger partial charge in [-0.3, -0.25) is 14.4 Å². The van der Waals surface area contributed by atoms with Crippen LogP contribution in [0.25, 0.3) is 0 Å². The van der Waals surface area contributed by atoms with E-state index in [0.717, 1.165) is 17.5 Å². The molecule has 212 valence electrons. The van der Waals surface area contributed by atoms with Gasteiger partial charge in [-0.1, -0.05) is 73.7 Å². The van der Waals surface area contributed by atoms with E-state index in [1.807, 2.05) is 60.7 Å². The third kappa shape index (κ3) is 4.75. The van der Waals surface area contributed by atoms with E-state index in [2.05, 4.69) is 13.5 Å². The normalized spacial score (nSPS) is 29.2. The van der Waals surface area contributed by atoms with Crippen molar-refractivity contribution < 1.29 is 24.2 Å². The summed E-state index contributed by atoms with van der Waals surface area (Å²) in [7, 11) is 0. The molecule has 8 heteroatoms. The van der Waals surface area contributed by atoms with Crippen molar-refractivity contribution in [1.82, 2.24) is 9.80 Å². The third-order valence-electron chi connectivity index (χ3n) is 8.77. The molecule has 0 saturated carbocycles. The van der Waals surface area contributed by atoms with Crippen molar-refractivity contribution in [3.8, 4) is 0 Å². The van der Waals surface area contributed by atoms with Gasteiger partial charge in [0.1, 0.15) is 6.04 Å². The average Bonchev–Trinajstić information content (AvgIpc) is 3.56. The maximum Gasteiger partial charge on any atom is 0.310 e. The van der Waals surface area contributed by atoms with Crippen LogP contribution in [-0.4, -0.2) is 74.5 Å². The van der Waals surface area contributed by atoms with Crippen LogP contribution in [0.3, 0.4) is 0 Å². The minimum absolute atomic E-state index is 0.0273. The molecule has 1 spiro atoms. The van der Waals surface area contributed by atoms with E-state index in [1.54, 1.807) is 34.6 Å². The van der Waals surface area contributed by atoms with E-state index in [1.165, 1.54) is 0 Å². The summed E-state index contributed by atoms with van der Waals surface area (Å²) < 4.78 is 4.68. The van der Waals surface area contributed by atoms with Crippen molar-refractivity contribution in [3.63, 3.8) is 0 Å². The molecule has 5 rings (SSSR count). The third-order valence-corrected chi connectivity index (χ3v) is 10.8. The Hall–Kier alpha value is -3.10. The van der Waals surface area contributed by atoms with Crippen LogP contribution in [-0.2, 0) is 32.1 Å². The van der Waals surface area contributed by atoms with E-state index in [4.69, 9.17) is 4.74 Å². The van der Waals surface area contributed by atoms with Gasteiger partial charge in [-0.25, -0.2) is 0 Å². The van der Waals surface area contributed by atoms with Crippen molar-refractivity contribution in [1.29, 1.82) is 0 Å². The Morgan fingerprint density at radius 1 is 1.18 bits per heavy atom. The van der Waals surface area contributed by atoms with Crippen molar-refractivity contribution in [3.05, 3.63) is 84.4 Å². The van der Waals surface area contributed by atoms with Gasteiger partial charge in [0.25, 0.3) is 0 Å². The van der Waals surface area contributed by atoms with Crippen LogP contribution in [0.15, 0.2) is 73.3 Å². The largest absolute Gasteiger partial charge is 0.466 e. The Bertz CT molecular complexity index is 1240. The van der Waals surface area contributed by atoms with Gasteiger partial charge in [0.2, 0.25) is 11.8 Å². The number of amides is 2. The Labute approximate surface area is 240 Å². The molecule has 2 aromatic carbocycles. The van der Waals surface area contributed by atoms with Gasteiger partial charge in [0.15, 0.2) is 0 Å². The Morgan fingerprint density at radius 2 is 1.82 bits per heavy atom. The summed E-state index contributed by atoms with van der Waals surface area (Å²) in [5.74, 6) is -2.02. The number of fused-ring (bicyclic) bond motifs is 1. The number of aliphatic hydroxyl groups is 1. The fourth-order valence-electron chi connectivity index (χ4n) is 7.14. The second-order valence-electron chi connectivity index (χ2n) is 11.1. The number of likely N-dealkylation sites (tertiary alicyclic amines) is 1. The van der Waals surface area contributed by atoms with Gasteiger partial charge in [0.05, 0.1) is 35.8 Å². The molecule has 0 aromatic heterocycles. The summed E-state index contributed by atoms with van der Waals surface area (Å²) >= 11 is 1.62. The maximum atomic E-state index is 14.7. The van der Waals surface area contributed by atoms with Crippen LogP contribution in [0.2, 0.25) is 0 Å². The molecular weight excluding hydrogens is 524 g/mol.